The molecule has 0 bridgehead atoms. The van der Waals surface area contributed by atoms with E-state index in [0.29, 0.717) is 0 Å². The van der Waals surface area contributed by atoms with Crippen LogP contribution in [0.25, 0.3) is 38.9 Å². The zero-order valence-corrected chi connectivity index (χ0v) is 44.3. The van der Waals surface area contributed by atoms with Gasteiger partial charge in [-0.25, -0.2) is 4.98 Å². The van der Waals surface area contributed by atoms with E-state index in [0.717, 1.165) is 68.4 Å². The largest absolute Gasteiger partial charge is 2.00 e. The third-order valence-electron chi connectivity index (χ3n) is 15.8. The van der Waals surface area contributed by atoms with Gasteiger partial charge >= 0.3 is 21.1 Å². The fourth-order valence-electron chi connectivity index (χ4n) is 12.2. The minimum absolute atomic E-state index is 0. The number of para-hydroxylation sites is 2. The number of pyridine rings is 2. The fraction of sp³-hybridized carbons (Fsp3) is 0.254. The molecule has 2 aliphatic heterocycles. The average Bonchev–Trinajstić information content (AvgIpc) is 3.85. The Kier molecular flexibility index (Phi) is 10.4. The molecule has 12 rings (SSSR count). The van der Waals surface area contributed by atoms with Crippen molar-refractivity contribution >= 4 is 50.4 Å². The first kappa shape index (κ1) is 45.8. The van der Waals surface area contributed by atoms with Crippen molar-refractivity contribution < 1.29 is 21.1 Å². The molecule has 350 valence electrons. The molecule has 6 aromatic carbocycles. The summed E-state index contributed by atoms with van der Waals surface area (Å²) in [6, 6.07) is 54.9. The predicted octanol–water partition coefficient (Wildman–Crippen LogP) is 15.0. The van der Waals surface area contributed by atoms with E-state index in [1.54, 1.807) is 0 Å². The second kappa shape index (κ2) is 16.0. The van der Waals surface area contributed by atoms with E-state index in [2.05, 4.69) is 224 Å². The first-order chi connectivity index (χ1) is 33.0. The van der Waals surface area contributed by atoms with E-state index in [1.165, 1.54) is 61.1 Å². The molecule has 0 radical (unpaired) electrons. The van der Waals surface area contributed by atoms with Crippen molar-refractivity contribution in [3.05, 3.63) is 208 Å². The Bertz CT molecular complexity index is 3630. The number of aromatic nitrogens is 3. The summed E-state index contributed by atoms with van der Waals surface area (Å²) in [4.78, 5) is 21.0. The van der Waals surface area contributed by atoms with Gasteiger partial charge in [0.15, 0.2) is 0 Å². The number of hydrogen-bond acceptors (Lipinski definition) is 5. The minimum atomic E-state index is -0.538. The van der Waals surface area contributed by atoms with Crippen molar-refractivity contribution in [2.24, 2.45) is 4.99 Å². The predicted molar refractivity (Wildman–Crippen MR) is 285 cm³/mol. The molecule has 0 saturated heterocycles. The third-order valence-corrected chi connectivity index (χ3v) is 15.8. The van der Waals surface area contributed by atoms with Gasteiger partial charge in [-0.2, -0.15) is 6.07 Å². The van der Waals surface area contributed by atoms with Gasteiger partial charge in [0.2, 0.25) is 0 Å². The molecular weight excluding hydrogens is 1040 g/mol. The number of hydrogen-bond donors (Lipinski definition) is 0. The number of aryl methyl sites for hydroxylation is 4. The molecule has 2 atom stereocenters. The van der Waals surface area contributed by atoms with E-state index in [9.17, 15) is 0 Å². The van der Waals surface area contributed by atoms with Crippen molar-refractivity contribution in [3.63, 3.8) is 0 Å². The van der Waals surface area contributed by atoms with Gasteiger partial charge in [0, 0.05) is 29.3 Å². The van der Waals surface area contributed by atoms with Crippen LogP contribution in [0, 0.1) is 39.8 Å². The van der Waals surface area contributed by atoms with Gasteiger partial charge in [0.25, 0.3) is 0 Å². The molecule has 0 N–H and O–H groups in total. The maximum Gasteiger partial charge on any atom is 2.00 e. The summed E-state index contributed by atoms with van der Waals surface area (Å²) in [5.41, 5.74) is 19.0. The maximum absolute atomic E-state index is 5.98. The van der Waals surface area contributed by atoms with Crippen molar-refractivity contribution in [2.45, 2.75) is 104 Å². The monoisotopic (exact) mass is 1090 g/mol. The Hall–Kier alpha value is -6.62. The van der Waals surface area contributed by atoms with Crippen LogP contribution in [0.4, 0.5) is 22.7 Å². The summed E-state index contributed by atoms with van der Waals surface area (Å²) in [5.74, 6) is 1.79. The van der Waals surface area contributed by atoms with Crippen LogP contribution in [0.3, 0.4) is 0 Å². The number of benzene rings is 6. The fourth-order valence-corrected chi connectivity index (χ4v) is 12.2. The molecule has 0 spiro atoms. The topological polar surface area (TPSA) is 49.5 Å². The molecule has 3 aliphatic rings. The van der Waals surface area contributed by atoms with Gasteiger partial charge in [-0.05, 0) is 140 Å². The molecule has 6 nitrogen and oxygen atoms in total. The van der Waals surface area contributed by atoms with E-state index in [4.69, 9.17) is 15.0 Å². The van der Waals surface area contributed by atoms with Gasteiger partial charge in [-0.3, -0.25) is 4.98 Å². The summed E-state index contributed by atoms with van der Waals surface area (Å²) >= 11 is 0. The van der Waals surface area contributed by atoms with Gasteiger partial charge in [0.1, 0.15) is 5.82 Å². The minimum Gasteiger partial charge on any atom is -0.357 e. The third kappa shape index (κ3) is 6.65. The number of rotatable bonds is 5. The van der Waals surface area contributed by atoms with E-state index in [1.807, 2.05) is 18.5 Å². The number of nitrogens with zero attached hydrogens (tertiary/aromatic N) is 6. The van der Waals surface area contributed by atoms with Gasteiger partial charge in [-0.1, -0.05) is 135 Å². The maximum atomic E-state index is 5.98. The summed E-state index contributed by atoms with van der Waals surface area (Å²) in [6.07, 6.45) is 4.69. The zero-order chi connectivity index (χ0) is 47.9. The Morgan fingerprint density at radius 2 is 1.39 bits per heavy atom. The molecule has 7 heteroatoms. The van der Waals surface area contributed by atoms with Crippen LogP contribution in [-0.2, 0) is 43.9 Å². The van der Waals surface area contributed by atoms with Crippen LogP contribution in [0.2, 0.25) is 0 Å². The molecule has 0 unspecified atom stereocenters. The quantitative estimate of drug-likeness (QED) is 0.161. The summed E-state index contributed by atoms with van der Waals surface area (Å²) in [7, 11) is 0. The average molecular weight is 1090 g/mol. The van der Waals surface area contributed by atoms with Crippen LogP contribution in [0.5, 0.6) is 0 Å². The molecule has 0 fully saturated rings. The molecule has 3 aromatic heterocycles. The SMILES string of the molecule is Cc1cc(C)c(N2C(c3[c-]c(N4c5[c-]c6c(cc5C(C)(C)c5ccccc54)c4ccccc4n6-c4cc(C(C)(C)C)ccn4)cc(-c4ccccn4)c3)=N[C@]3(C)c4ccc(C)cc4C[C@]23C)c(C)c1.[Pt+2]. The second-order valence-electron chi connectivity index (χ2n) is 21.9. The summed E-state index contributed by atoms with van der Waals surface area (Å²) < 4.78 is 2.31. The van der Waals surface area contributed by atoms with E-state index >= 15 is 0 Å². The van der Waals surface area contributed by atoms with Gasteiger partial charge in [-0.15, -0.1) is 40.8 Å². The smallest absolute Gasteiger partial charge is 0.357 e. The van der Waals surface area contributed by atoms with E-state index in [-0.39, 0.29) is 31.9 Å². The number of anilines is 4. The number of fused-ring (bicyclic) bond motifs is 8. The molecule has 0 amide bonds. The van der Waals surface area contributed by atoms with Crippen LogP contribution < -0.4 is 9.80 Å². The summed E-state index contributed by atoms with van der Waals surface area (Å²) in [6.45, 7) is 25.1. The number of aliphatic imine (C=N–C) groups is 1. The molecule has 9 aromatic rings. The van der Waals surface area contributed by atoms with E-state index < -0.39 is 11.1 Å². The van der Waals surface area contributed by atoms with Crippen LogP contribution in [0.15, 0.2) is 145 Å². The van der Waals surface area contributed by atoms with Crippen molar-refractivity contribution in [1.82, 2.24) is 14.5 Å². The molecule has 5 heterocycles. The first-order valence-corrected chi connectivity index (χ1v) is 24.4. The van der Waals surface area contributed by atoms with Crippen LogP contribution in [0.1, 0.15) is 104 Å². The molecule has 70 heavy (non-hydrogen) atoms. The first-order valence-electron chi connectivity index (χ1n) is 24.4. The second-order valence-corrected chi connectivity index (χ2v) is 21.9. The van der Waals surface area contributed by atoms with Crippen molar-refractivity contribution in [3.8, 4) is 17.1 Å². The van der Waals surface area contributed by atoms with Crippen LogP contribution >= 0.6 is 0 Å². The summed E-state index contributed by atoms with van der Waals surface area (Å²) in [5, 5.41) is 2.32. The Morgan fingerprint density at radius 1 is 0.643 bits per heavy atom. The zero-order valence-electron chi connectivity index (χ0n) is 42.0. The van der Waals surface area contributed by atoms with Gasteiger partial charge in [0.05, 0.1) is 22.6 Å². The van der Waals surface area contributed by atoms with Crippen molar-refractivity contribution in [1.29, 1.82) is 0 Å². The molecule has 1 aliphatic carbocycles. The Balaban J connectivity index is 0.00000533. The normalized spacial score (nSPS) is 18.9. The van der Waals surface area contributed by atoms with Gasteiger partial charge < -0.3 is 19.4 Å². The Morgan fingerprint density at radius 3 is 2.14 bits per heavy atom. The van der Waals surface area contributed by atoms with Crippen molar-refractivity contribution in [2.75, 3.05) is 9.80 Å². The molecular formula is C63H58N6Pt. The Labute approximate surface area is 427 Å². The van der Waals surface area contributed by atoms with Crippen LogP contribution in [-0.4, -0.2) is 25.9 Å². The number of amidine groups is 1. The standard InChI is InChI=1S/C63H58N6.Pt/c1-38-23-24-49-44(30-38)37-62(10)63(49,11)66-59(69(62)58-40(3)28-39(2)29-41(58)4)43-31-42(52-20-16-17-26-64-52)32-46(33-43)67-54-22-15-13-19-50(54)61(8,9)51-35-48-47-18-12-14-21-53(47)68(55(48)36-56(51)67)57-34-45(25-27-65-57)60(5,6)7;/h12-32,34-35H,37H2,1-11H3;/q-2;+2/t62-,63+;/m0./s1. The molecule has 0 saturated carbocycles.